The van der Waals surface area contributed by atoms with Crippen molar-refractivity contribution >= 4 is 12.1 Å². The molecular weight excluding hydrogens is 152 g/mol. The molecule has 1 aliphatic carbocycles. The van der Waals surface area contributed by atoms with Crippen LogP contribution in [-0.4, -0.2) is 12.1 Å². The minimum absolute atomic E-state index is 0.217. The zero-order valence-electron chi connectivity index (χ0n) is 7.38. The Morgan fingerprint density at radius 2 is 2.42 bits per heavy atom. The molecule has 12 heavy (non-hydrogen) atoms. The standard InChI is InChI=1S/C10H14O2/c1-8-4-5-10(12)7-9(8)3-2-6-11/h6-8H,2-5H2,1H3/t8-/m1/s1. The fourth-order valence-electron chi connectivity index (χ4n) is 1.51. The second-order valence-corrected chi connectivity index (χ2v) is 3.33. The maximum atomic E-state index is 11.0. The molecule has 1 rings (SSSR count). The van der Waals surface area contributed by atoms with Crippen LogP contribution in [0.25, 0.3) is 0 Å². The minimum Gasteiger partial charge on any atom is -0.303 e. The van der Waals surface area contributed by atoms with Crippen molar-refractivity contribution in [3.05, 3.63) is 11.6 Å². The van der Waals surface area contributed by atoms with Gasteiger partial charge in [0.1, 0.15) is 6.29 Å². The Labute approximate surface area is 72.7 Å². The van der Waals surface area contributed by atoms with Crippen molar-refractivity contribution < 1.29 is 9.59 Å². The molecule has 0 aliphatic heterocycles. The summed E-state index contributed by atoms with van der Waals surface area (Å²) in [4.78, 5) is 21.1. The van der Waals surface area contributed by atoms with Crippen molar-refractivity contribution in [2.45, 2.75) is 32.6 Å². The molecule has 66 valence electrons. The quantitative estimate of drug-likeness (QED) is 0.600. The van der Waals surface area contributed by atoms with E-state index in [1.54, 1.807) is 6.08 Å². The van der Waals surface area contributed by atoms with Gasteiger partial charge in [0, 0.05) is 12.8 Å². The van der Waals surface area contributed by atoms with Crippen LogP contribution in [0.1, 0.15) is 32.6 Å². The summed E-state index contributed by atoms with van der Waals surface area (Å²) >= 11 is 0. The van der Waals surface area contributed by atoms with Crippen LogP contribution in [0.4, 0.5) is 0 Å². The molecule has 2 heteroatoms. The molecule has 0 unspecified atom stereocenters. The normalized spacial score (nSPS) is 23.6. The number of allylic oxidation sites excluding steroid dienone is 2. The number of hydrogen-bond donors (Lipinski definition) is 0. The molecule has 2 nitrogen and oxygen atoms in total. The van der Waals surface area contributed by atoms with Gasteiger partial charge >= 0.3 is 0 Å². The highest BCUT2D eigenvalue weighted by Gasteiger charge is 2.16. The van der Waals surface area contributed by atoms with Crippen LogP contribution in [0.15, 0.2) is 11.6 Å². The molecule has 0 aromatic carbocycles. The number of aldehydes is 1. The lowest BCUT2D eigenvalue weighted by Crippen LogP contribution is -2.11. The maximum absolute atomic E-state index is 11.0. The molecule has 0 spiro atoms. The fourth-order valence-corrected chi connectivity index (χ4v) is 1.51. The molecule has 0 heterocycles. The van der Waals surface area contributed by atoms with Gasteiger partial charge in [-0.15, -0.1) is 0 Å². The van der Waals surface area contributed by atoms with Gasteiger partial charge < -0.3 is 4.79 Å². The summed E-state index contributed by atoms with van der Waals surface area (Å²) in [5.74, 6) is 0.705. The van der Waals surface area contributed by atoms with E-state index in [9.17, 15) is 9.59 Å². The second kappa shape index (κ2) is 4.19. The zero-order valence-corrected chi connectivity index (χ0v) is 7.38. The van der Waals surface area contributed by atoms with E-state index in [1.807, 2.05) is 0 Å². The van der Waals surface area contributed by atoms with E-state index >= 15 is 0 Å². The van der Waals surface area contributed by atoms with E-state index < -0.39 is 0 Å². The number of rotatable bonds is 3. The van der Waals surface area contributed by atoms with Crippen molar-refractivity contribution in [3.63, 3.8) is 0 Å². The highest BCUT2D eigenvalue weighted by molar-refractivity contribution is 5.91. The van der Waals surface area contributed by atoms with Crippen molar-refractivity contribution in [2.75, 3.05) is 0 Å². The second-order valence-electron chi connectivity index (χ2n) is 3.33. The lowest BCUT2D eigenvalue weighted by atomic mass is 9.86. The van der Waals surface area contributed by atoms with Gasteiger partial charge in [-0.05, 0) is 24.8 Å². The highest BCUT2D eigenvalue weighted by Crippen LogP contribution is 2.25. The van der Waals surface area contributed by atoms with Gasteiger partial charge in [-0.25, -0.2) is 0 Å². The summed E-state index contributed by atoms with van der Waals surface area (Å²) in [7, 11) is 0. The summed E-state index contributed by atoms with van der Waals surface area (Å²) in [5, 5.41) is 0. The van der Waals surface area contributed by atoms with Crippen molar-refractivity contribution in [1.29, 1.82) is 0 Å². The van der Waals surface area contributed by atoms with Crippen LogP contribution in [0.5, 0.6) is 0 Å². The first-order valence-electron chi connectivity index (χ1n) is 4.41. The van der Waals surface area contributed by atoms with Crippen LogP contribution < -0.4 is 0 Å². The van der Waals surface area contributed by atoms with Gasteiger partial charge in [-0.3, -0.25) is 4.79 Å². The molecule has 0 aromatic heterocycles. The van der Waals surface area contributed by atoms with Crippen LogP contribution in [-0.2, 0) is 9.59 Å². The van der Waals surface area contributed by atoms with Crippen LogP contribution in [0.2, 0.25) is 0 Å². The molecule has 0 bridgehead atoms. The SMILES string of the molecule is C[C@@H]1CCC(=O)C=C1CCC=O. The van der Waals surface area contributed by atoms with E-state index in [1.165, 1.54) is 0 Å². The Kier molecular flexibility index (Phi) is 3.20. The monoisotopic (exact) mass is 166 g/mol. The molecule has 0 saturated carbocycles. The zero-order chi connectivity index (χ0) is 8.97. The number of hydrogen-bond acceptors (Lipinski definition) is 2. The van der Waals surface area contributed by atoms with Gasteiger partial charge in [0.15, 0.2) is 5.78 Å². The van der Waals surface area contributed by atoms with Gasteiger partial charge in [0.25, 0.3) is 0 Å². The third-order valence-electron chi connectivity index (χ3n) is 2.35. The Morgan fingerprint density at radius 1 is 1.67 bits per heavy atom. The fraction of sp³-hybridized carbons (Fsp3) is 0.600. The smallest absolute Gasteiger partial charge is 0.155 e. The van der Waals surface area contributed by atoms with Gasteiger partial charge in [-0.2, -0.15) is 0 Å². The third-order valence-corrected chi connectivity index (χ3v) is 2.35. The van der Waals surface area contributed by atoms with Crippen molar-refractivity contribution in [2.24, 2.45) is 5.92 Å². The Hall–Kier alpha value is -0.920. The Bertz CT molecular complexity index is 216. The predicted molar refractivity (Wildman–Crippen MR) is 46.8 cm³/mol. The van der Waals surface area contributed by atoms with Gasteiger partial charge in [0.05, 0.1) is 0 Å². The molecule has 1 aliphatic rings. The molecule has 0 radical (unpaired) electrons. The molecule has 0 saturated heterocycles. The molecule has 0 aromatic rings. The predicted octanol–water partition coefficient (Wildman–Crippen LogP) is 1.89. The summed E-state index contributed by atoms with van der Waals surface area (Å²) in [6, 6.07) is 0. The Balaban J connectivity index is 2.57. The Morgan fingerprint density at radius 3 is 3.08 bits per heavy atom. The molecule has 1 atom stereocenters. The first-order chi connectivity index (χ1) is 5.74. The molecule has 0 amide bonds. The average molecular weight is 166 g/mol. The summed E-state index contributed by atoms with van der Waals surface area (Å²) < 4.78 is 0. The van der Waals surface area contributed by atoms with Crippen molar-refractivity contribution in [3.8, 4) is 0 Å². The minimum atomic E-state index is 0.217. The largest absolute Gasteiger partial charge is 0.303 e. The lowest BCUT2D eigenvalue weighted by Gasteiger charge is -2.18. The topological polar surface area (TPSA) is 34.1 Å². The number of carbonyl (C=O) groups is 2. The molecule has 0 N–H and O–H groups in total. The average Bonchev–Trinajstić information content (AvgIpc) is 2.07. The van der Waals surface area contributed by atoms with Gasteiger partial charge in [0.2, 0.25) is 0 Å². The number of carbonyl (C=O) groups excluding carboxylic acids is 2. The first-order valence-corrected chi connectivity index (χ1v) is 4.41. The maximum Gasteiger partial charge on any atom is 0.155 e. The lowest BCUT2D eigenvalue weighted by molar-refractivity contribution is -0.115. The highest BCUT2D eigenvalue weighted by atomic mass is 16.1. The van der Waals surface area contributed by atoms with Crippen molar-refractivity contribution in [1.82, 2.24) is 0 Å². The molecular formula is C10H14O2. The van der Waals surface area contributed by atoms with E-state index in [2.05, 4.69) is 6.92 Å². The third kappa shape index (κ3) is 2.29. The van der Waals surface area contributed by atoms with E-state index in [4.69, 9.17) is 0 Å². The molecule has 0 fully saturated rings. The van der Waals surface area contributed by atoms with Crippen LogP contribution in [0.3, 0.4) is 0 Å². The summed E-state index contributed by atoms with van der Waals surface area (Å²) in [5.41, 5.74) is 1.15. The summed E-state index contributed by atoms with van der Waals surface area (Å²) in [6.07, 6.45) is 5.56. The van der Waals surface area contributed by atoms with Gasteiger partial charge in [-0.1, -0.05) is 12.5 Å². The summed E-state index contributed by atoms with van der Waals surface area (Å²) in [6.45, 7) is 2.11. The van der Waals surface area contributed by atoms with Crippen LogP contribution >= 0.6 is 0 Å². The van der Waals surface area contributed by atoms with E-state index in [0.29, 0.717) is 18.8 Å². The van der Waals surface area contributed by atoms with Crippen LogP contribution in [0, 0.1) is 5.92 Å². The van der Waals surface area contributed by atoms with E-state index in [-0.39, 0.29) is 5.78 Å². The first kappa shape index (κ1) is 9.17. The van der Waals surface area contributed by atoms with E-state index in [0.717, 1.165) is 24.7 Å². The number of ketones is 1.